The second kappa shape index (κ2) is 4.71. The molecule has 3 heteroatoms. The second-order valence-electron chi connectivity index (χ2n) is 5.03. The summed E-state index contributed by atoms with van der Waals surface area (Å²) in [4.78, 5) is -0.183. The molecule has 0 nitrogen and oxygen atoms in total. The third kappa shape index (κ3) is 2.10. The first-order valence-corrected chi connectivity index (χ1v) is 7.17. The lowest BCUT2D eigenvalue weighted by Gasteiger charge is -2.34. The molecule has 0 aliphatic heterocycles. The van der Waals surface area contributed by atoms with Crippen molar-refractivity contribution in [2.45, 2.75) is 24.1 Å². The molecule has 1 aliphatic rings. The quantitative estimate of drug-likeness (QED) is 0.679. The number of halogens is 3. The predicted molar refractivity (Wildman–Crippen MR) is 75.7 cm³/mol. The molecule has 1 aliphatic carbocycles. The number of hydrogen-bond acceptors (Lipinski definition) is 0. The summed E-state index contributed by atoms with van der Waals surface area (Å²) in [6, 6.07) is 10.7. The molecular formula is C16H13BrF2. The summed E-state index contributed by atoms with van der Waals surface area (Å²) in [5.41, 5.74) is 3.27. The van der Waals surface area contributed by atoms with Crippen LogP contribution in [0, 0.1) is 18.6 Å². The van der Waals surface area contributed by atoms with Gasteiger partial charge in [-0.3, -0.25) is 0 Å². The van der Waals surface area contributed by atoms with Crippen LogP contribution < -0.4 is 0 Å². The number of benzene rings is 2. The van der Waals surface area contributed by atoms with Crippen molar-refractivity contribution in [2.24, 2.45) is 0 Å². The van der Waals surface area contributed by atoms with E-state index in [1.54, 1.807) is 6.92 Å². The van der Waals surface area contributed by atoms with Crippen LogP contribution in [0.2, 0.25) is 0 Å². The fourth-order valence-corrected chi connectivity index (χ4v) is 3.47. The van der Waals surface area contributed by atoms with E-state index in [2.05, 4.69) is 28.1 Å². The molecule has 0 aromatic heterocycles. The molecule has 0 fully saturated rings. The van der Waals surface area contributed by atoms with Crippen molar-refractivity contribution in [3.63, 3.8) is 0 Å². The molecule has 0 radical (unpaired) electrons. The third-order valence-electron chi connectivity index (χ3n) is 3.82. The van der Waals surface area contributed by atoms with E-state index >= 15 is 0 Å². The van der Waals surface area contributed by atoms with Crippen molar-refractivity contribution in [3.8, 4) is 0 Å². The minimum atomic E-state index is -0.353. The van der Waals surface area contributed by atoms with Gasteiger partial charge >= 0.3 is 0 Å². The highest BCUT2D eigenvalue weighted by Gasteiger charge is 2.33. The van der Waals surface area contributed by atoms with Crippen LogP contribution in [0.25, 0.3) is 0 Å². The van der Waals surface area contributed by atoms with Gasteiger partial charge in [0.05, 0.1) is 0 Å². The van der Waals surface area contributed by atoms with Crippen LogP contribution in [0.3, 0.4) is 0 Å². The minimum absolute atomic E-state index is 0.183. The maximum Gasteiger partial charge on any atom is 0.128 e. The molecule has 0 N–H and O–H groups in total. The molecule has 3 rings (SSSR count). The Bertz CT molecular complexity index is 637. The van der Waals surface area contributed by atoms with Crippen molar-refractivity contribution < 1.29 is 8.78 Å². The molecule has 0 amide bonds. The van der Waals surface area contributed by atoms with E-state index in [4.69, 9.17) is 0 Å². The van der Waals surface area contributed by atoms with Gasteiger partial charge in [-0.05, 0) is 42.2 Å². The van der Waals surface area contributed by atoms with Gasteiger partial charge in [-0.15, -0.1) is 0 Å². The summed E-state index contributed by atoms with van der Waals surface area (Å²) >= 11 is 3.54. The van der Waals surface area contributed by atoms with E-state index in [1.807, 2.05) is 12.1 Å². The molecule has 2 aromatic rings. The van der Waals surface area contributed by atoms with Gasteiger partial charge in [-0.1, -0.05) is 40.2 Å². The molecule has 2 unspecified atom stereocenters. The number of fused-ring (bicyclic) bond motifs is 1. The molecule has 0 spiro atoms. The summed E-state index contributed by atoms with van der Waals surface area (Å²) in [7, 11) is 0. The first kappa shape index (κ1) is 12.8. The Hall–Kier alpha value is -1.22. The van der Waals surface area contributed by atoms with Gasteiger partial charge in [0.25, 0.3) is 0 Å². The van der Waals surface area contributed by atoms with Crippen LogP contribution >= 0.6 is 15.9 Å². The van der Waals surface area contributed by atoms with Crippen molar-refractivity contribution in [1.82, 2.24) is 0 Å². The smallest absolute Gasteiger partial charge is 0.128 e. The highest BCUT2D eigenvalue weighted by Crippen LogP contribution is 2.48. The van der Waals surface area contributed by atoms with E-state index in [0.717, 1.165) is 6.42 Å². The SMILES string of the molecule is Cc1cc(F)c(C(Br)C2Cc3ccccc32)cc1F. The van der Waals surface area contributed by atoms with E-state index in [0.29, 0.717) is 11.1 Å². The van der Waals surface area contributed by atoms with Gasteiger partial charge < -0.3 is 0 Å². The van der Waals surface area contributed by atoms with E-state index in [-0.39, 0.29) is 22.4 Å². The lowest BCUT2D eigenvalue weighted by atomic mass is 9.74. The van der Waals surface area contributed by atoms with Gasteiger partial charge in [0, 0.05) is 16.3 Å². The zero-order valence-corrected chi connectivity index (χ0v) is 12.0. The van der Waals surface area contributed by atoms with Crippen molar-refractivity contribution in [3.05, 3.63) is 70.3 Å². The maximum atomic E-state index is 14.0. The number of rotatable bonds is 2. The highest BCUT2D eigenvalue weighted by atomic mass is 79.9. The normalized spacial score (nSPS) is 18.6. The predicted octanol–water partition coefficient (Wildman–Crippen LogP) is 5.05. The van der Waals surface area contributed by atoms with Crippen molar-refractivity contribution in [2.75, 3.05) is 0 Å². The average Bonchev–Trinajstić information content (AvgIpc) is 2.35. The number of hydrogen-bond donors (Lipinski definition) is 0. The molecule has 0 heterocycles. The summed E-state index contributed by atoms with van der Waals surface area (Å²) < 4.78 is 27.6. The van der Waals surface area contributed by atoms with Crippen LogP contribution in [0.4, 0.5) is 8.78 Å². The largest absolute Gasteiger partial charge is 0.207 e. The van der Waals surface area contributed by atoms with Crippen LogP contribution in [0.15, 0.2) is 36.4 Å². The Morgan fingerprint density at radius 2 is 1.89 bits per heavy atom. The van der Waals surface area contributed by atoms with Gasteiger partial charge in [-0.2, -0.15) is 0 Å². The van der Waals surface area contributed by atoms with Crippen molar-refractivity contribution >= 4 is 15.9 Å². The third-order valence-corrected chi connectivity index (χ3v) is 4.95. The molecule has 19 heavy (non-hydrogen) atoms. The molecular weight excluding hydrogens is 310 g/mol. The van der Waals surface area contributed by atoms with Crippen LogP contribution in [0.5, 0.6) is 0 Å². The van der Waals surface area contributed by atoms with E-state index in [9.17, 15) is 8.78 Å². The van der Waals surface area contributed by atoms with Crippen LogP contribution in [-0.2, 0) is 6.42 Å². The topological polar surface area (TPSA) is 0 Å². The second-order valence-corrected chi connectivity index (χ2v) is 6.02. The molecule has 2 aromatic carbocycles. The first-order chi connectivity index (χ1) is 9.08. The Morgan fingerprint density at radius 3 is 2.63 bits per heavy atom. The average molecular weight is 323 g/mol. The minimum Gasteiger partial charge on any atom is -0.207 e. The zero-order chi connectivity index (χ0) is 13.6. The first-order valence-electron chi connectivity index (χ1n) is 6.25. The maximum absolute atomic E-state index is 14.0. The molecule has 98 valence electrons. The van der Waals surface area contributed by atoms with Gasteiger partial charge in [0.15, 0.2) is 0 Å². The fourth-order valence-electron chi connectivity index (χ4n) is 2.65. The number of aryl methyl sites for hydroxylation is 1. The molecule has 2 atom stereocenters. The van der Waals surface area contributed by atoms with Gasteiger partial charge in [0.2, 0.25) is 0 Å². The monoisotopic (exact) mass is 322 g/mol. The summed E-state index contributed by atoms with van der Waals surface area (Å²) in [5.74, 6) is -0.480. The Morgan fingerprint density at radius 1 is 1.16 bits per heavy atom. The van der Waals surface area contributed by atoms with Gasteiger partial charge in [0.1, 0.15) is 11.6 Å². The molecule has 0 saturated carbocycles. The number of alkyl halides is 1. The summed E-state index contributed by atoms with van der Waals surface area (Å²) in [6.07, 6.45) is 0.904. The van der Waals surface area contributed by atoms with E-state index in [1.165, 1.54) is 23.3 Å². The highest BCUT2D eigenvalue weighted by molar-refractivity contribution is 9.09. The van der Waals surface area contributed by atoms with E-state index < -0.39 is 0 Å². The molecule has 0 saturated heterocycles. The fraction of sp³-hybridized carbons (Fsp3) is 0.250. The Labute approximate surface area is 119 Å². The van der Waals surface area contributed by atoms with Crippen LogP contribution in [-0.4, -0.2) is 0 Å². The molecule has 0 bridgehead atoms. The lowest BCUT2D eigenvalue weighted by Crippen LogP contribution is -2.21. The Balaban J connectivity index is 1.94. The Kier molecular flexibility index (Phi) is 3.17. The van der Waals surface area contributed by atoms with Gasteiger partial charge in [-0.25, -0.2) is 8.78 Å². The zero-order valence-electron chi connectivity index (χ0n) is 10.5. The van der Waals surface area contributed by atoms with Crippen LogP contribution in [0.1, 0.15) is 33.0 Å². The summed E-state index contributed by atoms with van der Waals surface area (Å²) in [6.45, 7) is 1.57. The summed E-state index contributed by atoms with van der Waals surface area (Å²) in [5, 5.41) is 0. The lowest BCUT2D eigenvalue weighted by molar-refractivity contribution is 0.543. The van der Waals surface area contributed by atoms with Crippen molar-refractivity contribution in [1.29, 1.82) is 0 Å². The standard InChI is InChI=1S/C16H13BrF2/c1-9-6-15(19)13(8-14(9)18)16(17)12-7-10-4-2-3-5-11(10)12/h2-6,8,12,16H,7H2,1H3.